The first-order valence-electron chi connectivity index (χ1n) is 13.6. The summed E-state index contributed by atoms with van der Waals surface area (Å²) in [5.41, 5.74) is 2.08. The van der Waals surface area contributed by atoms with Gasteiger partial charge in [-0.15, -0.1) is 11.3 Å². The molecule has 1 amide bonds. The fraction of sp³-hybridized carbons (Fsp3) is 0.290. The largest absolute Gasteiger partial charge is 0.508 e. The molecule has 228 valence electrons. The number of rotatable bonds is 4. The number of likely N-dealkylation sites (N-methyl/N-ethyl adjacent to an activating group) is 1. The van der Waals surface area contributed by atoms with Crippen LogP contribution in [0.25, 0.3) is 26.8 Å². The summed E-state index contributed by atoms with van der Waals surface area (Å²) in [6, 6.07) is 7.57. The van der Waals surface area contributed by atoms with Gasteiger partial charge in [-0.1, -0.05) is 25.1 Å². The maximum absolute atomic E-state index is 14.2. The standard InChI is InChI=1S/C31H28FN3O8S/c1-11-14-8-9-15(30-34-10-16(44-30)12-4-6-13(32)7-5-12)23(36)18(14)24(37)19-17(11)25(38)21-22(35(2)3)26(39)20(29(33)42)28(41)31(21,43)27(19)40/h4-11,17,21-22,25,36-38,41,43H,1-3H3,(H2,33,42). The summed E-state index contributed by atoms with van der Waals surface area (Å²) in [6.07, 6.45) is -0.124. The summed E-state index contributed by atoms with van der Waals surface area (Å²) in [7, 11) is 2.90. The minimum Gasteiger partial charge on any atom is -0.508 e. The first kappa shape index (κ1) is 29.6. The number of aliphatic hydroxyl groups excluding tert-OH is 3. The Morgan fingerprint density at radius 1 is 1.09 bits per heavy atom. The van der Waals surface area contributed by atoms with E-state index in [4.69, 9.17) is 5.73 Å². The Balaban J connectivity index is 1.52. The van der Waals surface area contributed by atoms with Gasteiger partial charge in [0.2, 0.25) is 5.78 Å². The molecular formula is C31H28FN3O8S. The molecule has 1 fully saturated rings. The number of nitrogens with zero attached hydrogens (tertiary/aromatic N) is 2. The number of nitrogens with two attached hydrogens (primary N) is 1. The number of aliphatic hydroxyl groups is 4. The van der Waals surface area contributed by atoms with E-state index in [2.05, 4.69) is 4.98 Å². The van der Waals surface area contributed by atoms with E-state index in [9.17, 15) is 44.3 Å². The minimum atomic E-state index is -2.99. The molecule has 0 radical (unpaired) electrons. The number of aromatic nitrogens is 1. The number of hydrogen-bond acceptors (Lipinski definition) is 11. The van der Waals surface area contributed by atoms with Gasteiger partial charge in [0.1, 0.15) is 33.7 Å². The molecule has 3 aliphatic rings. The first-order valence-corrected chi connectivity index (χ1v) is 14.4. The molecule has 7 N–H and O–H groups in total. The maximum Gasteiger partial charge on any atom is 0.255 e. The lowest BCUT2D eigenvalue weighted by Crippen LogP contribution is -2.70. The van der Waals surface area contributed by atoms with Gasteiger partial charge in [-0.25, -0.2) is 9.37 Å². The summed E-state index contributed by atoms with van der Waals surface area (Å²) in [5.74, 6) is -9.94. The predicted molar refractivity (Wildman–Crippen MR) is 157 cm³/mol. The van der Waals surface area contributed by atoms with Gasteiger partial charge < -0.3 is 31.3 Å². The zero-order chi connectivity index (χ0) is 32.0. The normalized spacial score (nSPS) is 28.2. The van der Waals surface area contributed by atoms with E-state index < -0.39 is 87.2 Å². The van der Waals surface area contributed by atoms with Crippen molar-refractivity contribution in [1.82, 2.24) is 9.88 Å². The van der Waals surface area contributed by atoms with Crippen LogP contribution in [0.4, 0.5) is 4.39 Å². The van der Waals surface area contributed by atoms with Crippen molar-refractivity contribution in [3.8, 4) is 26.8 Å². The Morgan fingerprint density at radius 2 is 1.75 bits per heavy atom. The molecule has 44 heavy (non-hydrogen) atoms. The van der Waals surface area contributed by atoms with Crippen molar-refractivity contribution in [2.24, 2.45) is 17.6 Å². The highest BCUT2D eigenvalue weighted by molar-refractivity contribution is 7.18. The van der Waals surface area contributed by atoms with Crippen molar-refractivity contribution >= 4 is 34.6 Å². The van der Waals surface area contributed by atoms with E-state index >= 15 is 0 Å². The lowest BCUT2D eigenvalue weighted by molar-refractivity contribution is -0.169. The molecular weight excluding hydrogens is 593 g/mol. The molecule has 6 atom stereocenters. The molecule has 1 aromatic heterocycles. The smallest absolute Gasteiger partial charge is 0.255 e. The Bertz CT molecular complexity index is 1830. The molecule has 0 bridgehead atoms. The van der Waals surface area contributed by atoms with Crippen molar-refractivity contribution in [1.29, 1.82) is 0 Å². The lowest BCUT2D eigenvalue weighted by atomic mass is 9.54. The predicted octanol–water partition coefficient (Wildman–Crippen LogP) is 2.43. The Morgan fingerprint density at radius 3 is 2.36 bits per heavy atom. The number of benzene rings is 2. The van der Waals surface area contributed by atoms with Gasteiger partial charge in [0.05, 0.1) is 34.1 Å². The number of carbonyl (C=O) groups is 3. The quantitative estimate of drug-likeness (QED) is 0.236. The highest BCUT2D eigenvalue weighted by atomic mass is 32.1. The molecule has 3 aliphatic carbocycles. The number of carbonyl (C=O) groups excluding carboxylic acids is 3. The van der Waals surface area contributed by atoms with E-state index in [0.29, 0.717) is 21.0 Å². The fourth-order valence-electron chi connectivity index (χ4n) is 6.94. The molecule has 13 heteroatoms. The van der Waals surface area contributed by atoms with Gasteiger partial charge in [0.25, 0.3) is 5.91 Å². The zero-order valence-corrected chi connectivity index (χ0v) is 24.5. The fourth-order valence-corrected chi connectivity index (χ4v) is 7.88. The molecule has 0 spiro atoms. The molecule has 6 unspecified atom stereocenters. The van der Waals surface area contributed by atoms with E-state index in [-0.39, 0.29) is 11.1 Å². The third-order valence-electron chi connectivity index (χ3n) is 8.99. The number of hydrogen-bond donors (Lipinski definition) is 6. The number of Topliss-reactive ketones (excluding diaryl/α,β-unsaturated/α-hetero) is 2. The number of halogens is 1. The first-order chi connectivity index (χ1) is 20.7. The second-order valence-corrected chi connectivity index (χ2v) is 12.5. The van der Waals surface area contributed by atoms with Crippen molar-refractivity contribution < 1.29 is 44.3 Å². The Hall–Kier alpha value is -4.43. The van der Waals surface area contributed by atoms with Crippen LogP contribution < -0.4 is 5.73 Å². The van der Waals surface area contributed by atoms with E-state index in [1.165, 1.54) is 42.5 Å². The number of amides is 1. The van der Waals surface area contributed by atoms with Crippen LogP contribution in [0.2, 0.25) is 0 Å². The average molecular weight is 622 g/mol. The van der Waals surface area contributed by atoms with Gasteiger partial charge in [-0.05, 0) is 49.3 Å². The Kier molecular flexibility index (Phi) is 6.77. The molecule has 3 aromatic rings. The van der Waals surface area contributed by atoms with Crippen molar-refractivity contribution in [3.63, 3.8) is 0 Å². The second kappa shape index (κ2) is 10.1. The number of primary amides is 1. The molecule has 0 saturated heterocycles. The Labute approximate surface area is 254 Å². The summed E-state index contributed by atoms with van der Waals surface area (Å²) in [6.45, 7) is 1.66. The zero-order valence-electron chi connectivity index (χ0n) is 23.6. The van der Waals surface area contributed by atoms with Crippen LogP contribution in [0, 0.1) is 17.7 Å². The van der Waals surface area contributed by atoms with E-state index in [0.717, 1.165) is 0 Å². The second-order valence-electron chi connectivity index (χ2n) is 11.5. The van der Waals surface area contributed by atoms with Gasteiger partial charge in [0.15, 0.2) is 11.4 Å². The molecule has 6 rings (SSSR count). The van der Waals surface area contributed by atoms with Crippen LogP contribution in [-0.4, -0.2) is 84.7 Å². The van der Waals surface area contributed by atoms with E-state index in [1.807, 2.05) is 0 Å². The monoisotopic (exact) mass is 621 g/mol. The number of phenolic OH excluding ortho intramolecular Hbond substituents is 1. The summed E-state index contributed by atoms with van der Waals surface area (Å²) in [5, 5.41) is 58.0. The van der Waals surface area contributed by atoms with Crippen LogP contribution in [-0.2, 0) is 14.4 Å². The lowest BCUT2D eigenvalue weighted by Gasteiger charge is -2.53. The number of aromatic hydroxyl groups is 1. The van der Waals surface area contributed by atoms with Crippen molar-refractivity contribution in [3.05, 3.63) is 76.4 Å². The summed E-state index contributed by atoms with van der Waals surface area (Å²) in [4.78, 5) is 46.0. The number of phenols is 1. The highest BCUT2D eigenvalue weighted by Gasteiger charge is 2.68. The molecule has 2 aromatic carbocycles. The average Bonchev–Trinajstić information content (AvgIpc) is 3.45. The topological polar surface area (TPSA) is 195 Å². The maximum atomic E-state index is 14.2. The van der Waals surface area contributed by atoms with E-state index in [1.54, 1.807) is 37.4 Å². The van der Waals surface area contributed by atoms with Crippen molar-refractivity contribution in [2.75, 3.05) is 14.1 Å². The summed E-state index contributed by atoms with van der Waals surface area (Å²) >= 11 is 1.20. The molecule has 1 saturated carbocycles. The molecule has 0 aliphatic heterocycles. The molecule has 11 nitrogen and oxygen atoms in total. The van der Waals surface area contributed by atoms with Crippen LogP contribution in [0.15, 0.2) is 59.5 Å². The van der Waals surface area contributed by atoms with Gasteiger partial charge in [-0.2, -0.15) is 0 Å². The third kappa shape index (κ3) is 3.90. The van der Waals surface area contributed by atoms with Crippen LogP contribution in [0.3, 0.4) is 0 Å². The SMILES string of the molecule is CC1c2ccc(-c3ncc(-c4ccc(F)cc4)s3)c(O)c2C(O)=C2C(=O)C3(O)C(O)=C(C(N)=O)C(=O)C(N(C)C)C3C(O)C21. The van der Waals surface area contributed by atoms with Gasteiger partial charge in [-0.3, -0.25) is 19.3 Å². The van der Waals surface area contributed by atoms with Gasteiger partial charge in [0, 0.05) is 17.7 Å². The number of thiazole rings is 1. The minimum absolute atomic E-state index is 0.128. The number of fused-ring (bicyclic) bond motifs is 3. The van der Waals surface area contributed by atoms with Crippen molar-refractivity contribution in [2.45, 2.75) is 30.6 Å². The van der Waals surface area contributed by atoms with Gasteiger partial charge >= 0.3 is 0 Å². The van der Waals surface area contributed by atoms with Crippen LogP contribution in [0.5, 0.6) is 5.75 Å². The van der Waals surface area contributed by atoms with Crippen LogP contribution in [0.1, 0.15) is 24.0 Å². The molecule has 1 heterocycles. The number of ketones is 2. The summed E-state index contributed by atoms with van der Waals surface area (Å²) < 4.78 is 13.4. The highest BCUT2D eigenvalue weighted by Crippen LogP contribution is 2.57. The third-order valence-corrected chi connectivity index (χ3v) is 10.1. The van der Waals surface area contributed by atoms with Crippen LogP contribution >= 0.6 is 11.3 Å².